The number of hydrogen-bond donors (Lipinski definition) is 0. The fourth-order valence-corrected chi connectivity index (χ4v) is 2.84. The molecule has 66 valence electrons. The Bertz CT molecular complexity index is 372. The number of carbonyl (C=O) groups is 1. The van der Waals surface area contributed by atoms with Gasteiger partial charge in [-0.2, -0.15) is 0 Å². The molecule has 13 heavy (non-hydrogen) atoms. The van der Waals surface area contributed by atoms with Crippen molar-refractivity contribution in [2.75, 3.05) is 0 Å². The van der Waals surface area contributed by atoms with Gasteiger partial charge in [0, 0.05) is 0 Å². The average Bonchev–Trinajstić information content (AvgIpc) is 2.53. The van der Waals surface area contributed by atoms with Crippen molar-refractivity contribution in [3.05, 3.63) is 34.9 Å². The Hall–Kier alpha value is -0.631. The van der Waals surface area contributed by atoms with Gasteiger partial charge in [-0.15, -0.1) is 0 Å². The predicted molar refractivity (Wildman–Crippen MR) is 53.6 cm³/mol. The molecule has 0 saturated carbocycles. The molecule has 0 aliphatic carbocycles. The monoisotopic (exact) mass is 259 g/mol. The first-order chi connectivity index (χ1) is 6.25. The van der Waals surface area contributed by atoms with E-state index in [1.54, 1.807) is 0 Å². The van der Waals surface area contributed by atoms with E-state index in [-0.39, 0.29) is 20.9 Å². The molecule has 1 aliphatic heterocycles. The van der Waals surface area contributed by atoms with Crippen molar-refractivity contribution in [3.63, 3.8) is 0 Å². The van der Waals surface area contributed by atoms with E-state index < -0.39 is 0 Å². The molecule has 1 aromatic carbocycles. The number of aliphatic imine (C=N–C) groups is 1. The maximum absolute atomic E-state index is 10.9. The van der Waals surface area contributed by atoms with E-state index in [1.807, 2.05) is 24.3 Å². The molecule has 1 aliphatic rings. The van der Waals surface area contributed by atoms with Crippen LogP contribution in [0.5, 0.6) is 0 Å². The summed E-state index contributed by atoms with van der Waals surface area (Å²) in [5, 5.41) is 1.31. The molecule has 4 heteroatoms. The summed E-state index contributed by atoms with van der Waals surface area (Å²) in [6, 6.07) is 7.44. The predicted octanol–water partition coefficient (Wildman–Crippen LogP) is 1.75. The van der Waals surface area contributed by atoms with Gasteiger partial charge >= 0.3 is 87.0 Å². The van der Waals surface area contributed by atoms with Crippen molar-refractivity contribution < 1.29 is 4.79 Å². The molecule has 0 radical (unpaired) electrons. The molecule has 2 rings (SSSR count). The minimum atomic E-state index is 0.00458. The van der Waals surface area contributed by atoms with Crippen molar-refractivity contribution >= 4 is 37.1 Å². The zero-order valence-corrected chi connectivity index (χ0v) is 9.13. The van der Waals surface area contributed by atoms with Crippen LogP contribution in [0.15, 0.2) is 29.3 Å². The van der Waals surface area contributed by atoms with E-state index in [2.05, 4.69) is 4.99 Å². The fraction of sp³-hybridized carbons (Fsp3) is 0.111. The number of nitrogens with zero attached hydrogens (tertiary/aromatic N) is 1. The maximum atomic E-state index is 10.9. The van der Waals surface area contributed by atoms with Gasteiger partial charge in [0.15, 0.2) is 0 Å². The molecule has 0 spiro atoms. The van der Waals surface area contributed by atoms with E-state index >= 15 is 0 Å². The Balaban J connectivity index is 2.31. The Morgan fingerprint density at radius 3 is 2.54 bits per heavy atom. The van der Waals surface area contributed by atoms with E-state index in [1.165, 1.54) is 0 Å². The second kappa shape index (κ2) is 3.62. The van der Waals surface area contributed by atoms with Gasteiger partial charge in [-0.1, -0.05) is 0 Å². The third-order valence-electron chi connectivity index (χ3n) is 1.65. The molecule has 1 aromatic rings. The number of benzene rings is 1. The van der Waals surface area contributed by atoms with Gasteiger partial charge in [0.1, 0.15) is 0 Å². The SMILES string of the molecule is O=C1C[Se]C(c2ccc(Cl)cc2)=N1. The molecule has 0 atom stereocenters. The van der Waals surface area contributed by atoms with Gasteiger partial charge in [0.2, 0.25) is 0 Å². The summed E-state index contributed by atoms with van der Waals surface area (Å²) in [4.78, 5) is 14.8. The van der Waals surface area contributed by atoms with Crippen LogP contribution in [0.2, 0.25) is 10.3 Å². The zero-order valence-electron chi connectivity index (χ0n) is 6.66. The van der Waals surface area contributed by atoms with Crippen LogP contribution in [0, 0.1) is 0 Å². The standard InChI is InChI=1S/C9H6ClNOSe/c10-7-3-1-6(2-4-7)9-11-8(12)5-13-9/h1-4H,5H2. The van der Waals surface area contributed by atoms with Crippen LogP contribution in [-0.2, 0) is 4.79 Å². The second-order valence-electron chi connectivity index (χ2n) is 2.61. The molecular weight excluding hydrogens is 253 g/mol. The summed E-state index contributed by atoms with van der Waals surface area (Å²) in [6.07, 6.45) is 0. The van der Waals surface area contributed by atoms with Crippen molar-refractivity contribution in [2.24, 2.45) is 4.99 Å². The number of hydrogen-bond acceptors (Lipinski definition) is 1. The molecule has 0 bridgehead atoms. The molecule has 1 heterocycles. The Morgan fingerprint density at radius 2 is 2.00 bits per heavy atom. The molecule has 0 fully saturated rings. The molecule has 0 unspecified atom stereocenters. The zero-order chi connectivity index (χ0) is 9.26. The van der Waals surface area contributed by atoms with Crippen molar-refractivity contribution in [1.82, 2.24) is 0 Å². The van der Waals surface area contributed by atoms with Gasteiger partial charge in [-0.05, 0) is 0 Å². The van der Waals surface area contributed by atoms with Crippen LogP contribution < -0.4 is 0 Å². The number of carbonyl (C=O) groups excluding carboxylic acids is 1. The summed E-state index contributed by atoms with van der Waals surface area (Å²) in [7, 11) is 0. The van der Waals surface area contributed by atoms with E-state index in [9.17, 15) is 4.79 Å². The molecule has 0 N–H and O–H groups in total. The normalized spacial score (nSPS) is 16.1. The van der Waals surface area contributed by atoms with Crippen LogP contribution >= 0.6 is 11.6 Å². The minimum absolute atomic E-state index is 0.00458. The van der Waals surface area contributed by atoms with E-state index in [0.717, 1.165) is 10.2 Å². The van der Waals surface area contributed by atoms with Gasteiger partial charge in [-0.25, -0.2) is 0 Å². The van der Waals surface area contributed by atoms with Crippen molar-refractivity contribution in [3.8, 4) is 0 Å². The van der Waals surface area contributed by atoms with Crippen LogP contribution in [0.25, 0.3) is 0 Å². The van der Waals surface area contributed by atoms with Gasteiger partial charge < -0.3 is 0 Å². The number of amides is 1. The Morgan fingerprint density at radius 1 is 1.31 bits per heavy atom. The van der Waals surface area contributed by atoms with Crippen molar-refractivity contribution in [1.29, 1.82) is 0 Å². The number of halogens is 1. The summed E-state index contributed by atoms with van der Waals surface area (Å²) in [5.74, 6) is 0.00458. The van der Waals surface area contributed by atoms with Crippen LogP contribution in [0.1, 0.15) is 5.56 Å². The molecule has 0 saturated heterocycles. The Kier molecular flexibility index (Phi) is 2.49. The van der Waals surface area contributed by atoms with Gasteiger partial charge in [-0.3, -0.25) is 0 Å². The van der Waals surface area contributed by atoms with Crippen molar-refractivity contribution in [2.45, 2.75) is 5.32 Å². The van der Waals surface area contributed by atoms with Gasteiger partial charge in [0.25, 0.3) is 0 Å². The summed E-state index contributed by atoms with van der Waals surface area (Å²) in [5.41, 5.74) is 1.02. The van der Waals surface area contributed by atoms with Gasteiger partial charge in [0.05, 0.1) is 0 Å². The number of rotatable bonds is 1. The topological polar surface area (TPSA) is 29.4 Å². The first-order valence-electron chi connectivity index (χ1n) is 3.76. The summed E-state index contributed by atoms with van der Waals surface area (Å²) >= 11 is 5.96. The molecule has 2 nitrogen and oxygen atoms in total. The quantitative estimate of drug-likeness (QED) is 0.706. The summed E-state index contributed by atoms with van der Waals surface area (Å²) in [6.45, 7) is 0. The van der Waals surface area contributed by atoms with E-state index in [0.29, 0.717) is 10.3 Å². The molecule has 0 aromatic heterocycles. The first-order valence-corrected chi connectivity index (χ1v) is 6.20. The molecule has 1 amide bonds. The third kappa shape index (κ3) is 1.99. The summed E-state index contributed by atoms with van der Waals surface area (Å²) < 4.78 is 0.939. The first kappa shape index (κ1) is 8.95. The van der Waals surface area contributed by atoms with Crippen LogP contribution in [0.3, 0.4) is 0 Å². The fourth-order valence-electron chi connectivity index (χ4n) is 1.05. The average molecular weight is 259 g/mol. The Labute approximate surface area is 87.2 Å². The second-order valence-corrected chi connectivity index (χ2v) is 5.07. The molecular formula is C9H6ClNOSe. The van der Waals surface area contributed by atoms with Crippen LogP contribution in [0.4, 0.5) is 0 Å². The van der Waals surface area contributed by atoms with E-state index in [4.69, 9.17) is 11.6 Å². The van der Waals surface area contributed by atoms with Crippen LogP contribution in [-0.4, -0.2) is 25.5 Å². The third-order valence-corrected chi connectivity index (χ3v) is 3.98.